The zero-order valence-corrected chi connectivity index (χ0v) is 15.1. The summed E-state index contributed by atoms with van der Waals surface area (Å²) in [4.78, 5) is 40.1. The summed E-state index contributed by atoms with van der Waals surface area (Å²) >= 11 is 0. The summed E-state index contributed by atoms with van der Waals surface area (Å²) < 4.78 is 0.887. The van der Waals surface area contributed by atoms with Crippen molar-refractivity contribution in [2.24, 2.45) is 0 Å². The standard InChI is InChI=1S/C21H17N3O4/c1-2-12-6-5-9-14-16(10-22-18(12)14)17(25)11-24-20(26)15-8-4-3-7-13(15)19(23-24)21(27)28/h3-10,22H,2,11H2,1H3,(H,27,28)/p-1. The quantitative estimate of drug-likeness (QED) is 0.535. The van der Waals surface area contributed by atoms with Crippen molar-refractivity contribution in [3.8, 4) is 0 Å². The van der Waals surface area contributed by atoms with Crippen LogP contribution >= 0.6 is 0 Å². The zero-order chi connectivity index (χ0) is 19.8. The van der Waals surface area contributed by atoms with Gasteiger partial charge in [0.15, 0.2) is 5.78 Å². The highest BCUT2D eigenvalue weighted by atomic mass is 16.4. The summed E-state index contributed by atoms with van der Waals surface area (Å²) in [6.07, 6.45) is 2.42. The van der Waals surface area contributed by atoms with Gasteiger partial charge in [0.2, 0.25) is 0 Å². The fourth-order valence-electron chi connectivity index (χ4n) is 3.46. The van der Waals surface area contributed by atoms with Crippen molar-refractivity contribution in [2.75, 3.05) is 0 Å². The normalized spacial score (nSPS) is 11.2. The molecule has 7 nitrogen and oxygen atoms in total. The van der Waals surface area contributed by atoms with E-state index in [-0.39, 0.29) is 28.8 Å². The number of benzene rings is 2. The lowest BCUT2D eigenvalue weighted by Gasteiger charge is -2.11. The first-order chi connectivity index (χ1) is 13.5. The van der Waals surface area contributed by atoms with Gasteiger partial charge in [-0.1, -0.05) is 43.3 Å². The number of H-pyrrole nitrogens is 1. The van der Waals surface area contributed by atoms with Crippen molar-refractivity contribution in [3.63, 3.8) is 0 Å². The third kappa shape index (κ3) is 2.77. The molecule has 0 unspecified atom stereocenters. The number of aromatic amines is 1. The molecule has 0 atom stereocenters. The van der Waals surface area contributed by atoms with Gasteiger partial charge in [0.05, 0.1) is 11.4 Å². The molecule has 0 spiro atoms. The Balaban J connectivity index is 1.81. The molecule has 0 aliphatic carbocycles. The molecule has 0 aliphatic rings. The van der Waals surface area contributed by atoms with Crippen LogP contribution in [0.15, 0.2) is 53.5 Å². The van der Waals surface area contributed by atoms with E-state index in [4.69, 9.17) is 0 Å². The Morgan fingerprint density at radius 2 is 1.79 bits per heavy atom. The molecule has 0 saturated heterocycles. The lowest BCUT2D eigenvalue weighted by atomic mass is 10.0. The second-order valence-corrected chi connectivity index (χ2v) is 6.46. The molecule has 0 saturated carbocycles. The van der Waals surface area contributed by atoms with Gasteiger partial charge in [-0.3, -0.25) is 9.59 Å². The first-order valence-corrected chi connectivity index (χ1v) is 8.84. The van der Waals surface area contributed by atoms with E-state index in [1.165, 1.54) is 12.1 Å². The Bertz CT molecular complexity index is 1300. The topological polar surface area (TPSA) is 108 Å². The Kier molecular flexibility index (Phi) is 4.27. The van der Waals surface area contributed by atoms with Crippen LogP contribution in [0.4, 0.5) is 0 Å². The second-order valence-electron chi connectivity index (χ2n) is 6.46. The van der Waals surface area contributed by atoms with Gasteiger partial charge in [0, 0.05) is 28.0 Å². The van der Waals surface area contributed by atoms with Crippen LogP contribution in [0.25, 0.3) is 21.7 Å². The zero-order valence-electron chi connectivity index (χ0n) is 15.1. The lowest BCUT2D eigenvalue weighted by molar-refractivity contribution is -0.255. The molecule has 0 amide bonds. The molecule has 7 heteroatoms. The summed E-state index contributed by atoms with van der Waals surface area (Å²) in [5.74, 6) is -1.84. The van der Waals surface area contributed by atoms with E-state index in [1.54, 1.807) is 18.3 Å². The van der Waals surface area contributed by atoms with Crippen molar-refractivity contribution < 1.29 is 14.7 Å². The number of carbonyl (C=O) groups excluding carboxylic acids is 2. The Hall–Kier alpha value is -3.74. The van der Waals surface area contributed by atoms with Crippen LogP contribution in [-0.2, 0) is 13.0 Å². The number of hydrogen-bond acceptors (Lipinski definition) is 5. The number of aromatic carboxylic acids is 1. The number of rotatable bonds is 5. The first-order valence-electron chi connectivity index (χ1n) is 8.84. The van der Waals surface area contributed by atoms with Crippen LogP contribution in [0, 0.1) is 0 Å². The average Bonchev–Trinajstić information content (AvgIpc) is 3.14. The molecule has 0 bridgehead atoms. The maximum Gasteiger partial charge on any atom is 0.275 e. The molecule has 1 N–H and O–H groups in total. The van der Waals surface area contributed by atoms with Crippen molar-refractivity contribution >= 4 is 33.4 Å². The third-order valence-corrected chi connectivity index (χ3v) is 4.84. The molecule has 4 aromatic rings. The van der Waals surface area contributed by atoms with Crippen LogP contribution in [0.3, 0.4) is 0 Å². The molecule has 0 fully saturated rings. The molecule has 0 aliphatic heterocycles. The summed E-state index contributed by atoms with van der Waals surface area (Å²) in [7, 11) is 0. The Morgan fingerprint density at radius 3 is 2.50 bits per heavy atom. The first kappa shape index (κ1) is 17.7. The summed E-state index contributed by atoms with van der Waals surface area (Å²) in [5.41, 5.74) is 1.50. The van der Waals surface area contributed by atoms with E-state index < -0.39 is 11.5 Å². The van der Waals surface area contributed by atoms with Crippen LogP contribution in [0.1, 0.15) is 33.3 Å². The maximum atomic E-state index is 12.9. The highest BCUT2D eigenvalue weighted by Gasteiger charge is 2.17. The highest BCUT2D eigenvalue weighted by molar-refractivity contribution is 6.08. The minimum absolute atomic E-state index is 0.177. The predicted molar refractivity (Wildman–Crippen MR) is 102 cm³/mol. The number of ketones is 1. The minimum Gasteiger partial charge on any atom is -0.543 e. The SMILES string of the molecule is CCc1cccc2c(C(=O)Cn3nc(C(=O)[O-])c4ccccc4c3=O)c[nH]c12. The third-order valence-electron chi connectivity index (χ3n) is 4.84. The Morgan fingerprint density at radius 1 is 1.07 bits per heavy atom. The van der Waals surface area contributed by atoms with Crippen molar-refractivity contribution in [1.82, 2.24) is 14.8 Å². The van der Waals surface area contributed by atoms with E-state index in [0.29, 0.717) is 5.56 Å². The predicted octanol–water partition coefficient (Wildman–Crippen LogP) is 1.69. The molecular weight excluding hydrogens is 358 g/mol. The molecule has 2 aromatic carbocycles. The fraction of sp³-hybridized carbons (Fsp3) is 0.143. The average molecular weight is 374 g/mol. The number of carboxylic acid groups (broad SMARTS) is 1. The number of para-hydroxylation sites is 1. The number of aromatic nitrogens is 3. The largest absolute Gasteiger partial charge is 0.543 e. The van der Waals surface area contributed by atoms with Gasteiger partial charge in [-0.25, -0.2) is 4.68 Å². The molecule has 2 aromatic heterocycles. The second kappa shape index (κ2) is 6.77. The highest BCUT2D eigenvalue weighted by Crippen LogP contribution is 2.23. The van der Waals surface area contributed by atoms with E-state index >= 15 is 0 Å². The van der Waals surface area contributed by atoms with Crippen LogP contribution in [-0.4, -0.2) is 26.5 Å². The summed E-state index contributed by atoms with van der Waals surface area (Å²) in [5, 5.41) is 16.5. The van der Waals surface area contributed by atoms with Gasteiger partial charge >= 0.3 is 0 Å². The minimum atomic E-state index is -1.50. The number of hydrogen-bond donors (Lipinski definition) is 1. The van der Waals surface area contributed by atoms with Crippen molar-refractivity contribution in [3.05, 3.63) is 75.8 Å². The van der Waals surface area contributed by atoms with E-state index in [1.807, 2.05) is 25.1 Å². The molecule has 28 heavy (non-hydrogen) atoms. The number of Topliss-reactive ketones (excluding diaryl/α,β-unsaturated/α-hetero) is 1. The smallest absolute Gasteiger partial charge is 0.275 e. The number of fused-ring (bicyclic) bond motifs is 2. The van der Waals surface area contributed by atoms with Crippen LogP contribution in [0.2, 0.25) is 0 Å². The maximum absolute atomic E-state index is 12.9. The van der Waals surface area contributed by atoms with Crippen molar-refractivity contribution in [2.45, 2.75) is 19.9 Å². The van der Waals surface area contributed by atoms with Gasteiger partial charge in [-0.2, -0.15) is 5.10 Å². The molecule has 0 radical (unpaired) electrons. The Labute approximate surface area is 159 Å². The van der Waals surface area contributed by atoms with Crippen LogP contribution in [0.5, 0.6) is 0 Å². The van der Waals surface area contributed by atoms with Gasteiger partial charge in [0.25, 0.3) is 5.56 Å². The van der Waals surface area contributed by atoms with Crippen molar-refractivity contribution in [1.29, 1.82) is 0 Å². The summed E-state index contributed by atoms with van der Waals surface area (Å²) in [6.45, 7) is 1.66. The van der Waals surface area contributed by atoms with Gasteiger partial charge in [-0.15, -0.1) is 0 Å². The van der Waals surface area contributed by atoms with E-state index in [9.17, 15) is 19.5 Å². The van der Waals surface area contributed by atoms with E-state index in [2.05, 4.69) is 10.1 Å². The van der Waals surface area contributed by atoms with Crippen LogP contribution < -0.4 is 10.7 Å². The van der Waals surface area contributed by atoms with Gasteiger partial charge in [-0.05, 0) is 18.1 Å². The molecular formula is C21H16N3O4-. The number of carbonyl (C=O) groups is 2. The summed E-state index contributed by atoms with van der Waals surface area (Å²) in [6, 6.07) is 11.9. The van der Waals surface area contributed by atoms with E-state index in [0.717, 1.165) is 27.6 Å². The molecule has 2 heterocycles. The number of nitrogens with one attached hydrogen (secondary N) is 1. The fourth-order valence-corrected chi connectivity index (χ4v) is 3.46. The molecule has 4 rings (SSSR count). The van der Waals surface area contributed by atoms with Gasteiger partial charge in [0.1, 0.15) is 12.2 Å². The number of aryl methyl sites for hydroxylation is 1. The van der Waals surface area contributed by atoms with Gasteiger partial charge < -0.3 is 14.9 Å². The molecule has 140 valence electrons. The number of carboxylic acids is 1. The lowest BCUT2D eigenvalue weighted by Crippen LogP contribution is -2.32. The monoisotopic (exact) mass is 374 g/mol. The number of nitrogens with zero attached hydrogens (tertiary/aromatic N) is 2.